The van der Waals surface area contributed by atoms with Gasteiger partial charge in [-0.2, -0.15) is 5.10 Å². The summed E-state index contributed by atoms with van der Waals surface area (Å²) in [6.45, 7) is 0. The third kappa shape index (κ3) is 3.00. The first-order valence-corrected chi connectivity index (χ1v) is 7.12. The Balaban J connectivity index is 1.54. The Labute approximate surface area is 139 Å². The highest BCUT2D eigenvalue weighted by Gasteiger charge is 2.11. The molecule has 0 saturated heterocycles. The van der Waals surface area contributed by atoms with Crippen molar-refractivity contribution in [2.75, 3.05) is 0 Å². The molecule has 9 nitrogen and oxygen atoms in total. The van der Waals surface area contributed by atoms with E-state index in [1.807, 2.05) is 0 Å². The molecule has 25 heavy (non-hydrogen) atoms. The van der Waals surface area contributed by atoms with Gasteiger partial charge in [0.25, 0.3) is 5.88 Å². The lowest BCUT2D eigenvalue weighted by Gasteiger charge is -2.07. The Morgan fingerprint density at radius 3 is 2.60 bits per heavy atom. The van der Waals surface area contributed by atoms with Crippen LogP contribution >= 0.6 is 0 Å². The summed E-state index contributed by atoms with van der Waals surface area (Å²) in [7, 11) is 0. The third-order valence-corrected chi connectivity index (χ3v) is 3.35. The first-order chi connectivity index (χ1) is 12.2. The number of rotatable bonds is 4. The summed E-state index contributed by atoms with van der Waals surface area (Å²) in [5, 5.41) is 26.3. The number of ether oxygens (including phenoxy) is 1. The number of tetrazole rings is 1. The van der Waals surface area contributed by atoms with E-state index >= 15 is 0 Å². The van der Waals surface area contributed by atoms with Gasteiger partial charge in [-0.25, -0.2) is 9.37 Å². The second kappa shape index (κ2) is 6.00. The number of pyridine rings is 1. The Bertz CT molecular complexity index is 999. The molecule has 0 spiro atoms. The minimum atomic E-state index is -0.596. The van der Waals surface area contributed by atoms with Crippen molar-refractivity contribution in [3.8, 4) is 34.3 Å². The molecule has 10 heteroatoms. The van der Waals surface area contributed by atoms with E-state index in [0.29, 0.717) is 27.5 Å². The van der Waals surface area contributed by atoms with Crippen molar-refractivity contribution >= 4 is 0 Å². The molecule has 124 valence electrons. The normalized spacial score (nSPS) is 10.8. The Kier molecular flexibility index (Phi) is 3.54. The zero-order chi connectivity index (χ0) is 17.2. The lowest BCUT2D eigenvalue weighted by Crippen LogP contribution is -1.94. The standard InChI is InChI=1S/C15H10FN7O2/c16-12-7-10(13-5-6-18-19-13)8-17-15(12)25-11-3-1-9(2-4-11)14-20-22-23(24)21-14/h1-8,24H,(H,18,19). The van der Waals surface area contributed by atoms with Crippen LogP contribution in [-0.4, -0.2) is 40.8 Å². The highest BCUT2D eigenvalue weighted by atomic mass is 19.1. The number of aromatic amines is 1. The number of hydrogen-bond donors (Lipinski definition) is 2. The molecule has 0 radical (unpaired) electrons. The van der Waals surface area contributed by atoms with Crippen molar-refractivity contribution in [2.24, 2.45) is 0 Å². The molecule has 0 saturated carbocycles. The van der Waals surface area contributed by atoms with E-state index in [1.165, 1.54) is 12.3 Å². The fraction of sp³-hybridized carbons (Fsp3) is 0. The summed E-state index contributed by atoms with van der Waals surface area (Å²) in [4.78, 5) is 4.37. The molecular weight excluding hydrogens is 329 g/mol. The Hall–Kier alpha value is -3.82. The fourth-order valence-corrected chi connectivity index (χ4v) is 2.17. The van der Waals surface area contributed by atoms with E-state index in [0.717, 1.165) is 0 Å². The highest BCUT2D eigenvalue weighted by Crippen LogP contribution is 2.27. The van der Waals surface area contributed by atoms with E-state index in [2.05, 4.69) is 30.6 Å². The van der Waals surface area contributed by atoms with Gasteiger partial charge >= 0.3 is 0 Å². The minimum Gasteiger partial charge on any atom is -0.436 e. The van der Waals surface area contributed by atoms with Gasteiger partial charge in [-0.05, 0) is 41.6 Å². The number of hydrogen-bond acceptors (Lipinski definition) is 7. The molecule has 0 amide bonds. The van der Waals surface area contributed by atoms with Crippen molar-refractivity contribution in [1.82, 2.24) is 35.6 Å². The van der Waals surface area contributed by atoms with E-state index in [9.17, 15) is 4.39 Å². The first kappa shape index (κ1) is 14.8. The summed E-state index contributed by atoms with van der Waals surface area (Å²) in [5.41, 5.74) is 1.85. The maximum absolute atomic E-state index is 14.2. The molecule has 0 aliphatic rings. The van der Waals surface area contributed by atoms with Crippen LogP contribution in [0.15, 0.2) is 48.8 Å². The van der Waals surface area contributed by atoms with Gasteiger partial charge in [0.2, 0.25) is 5.82 Å². The van der Waals surface area contributed by atoms with Gasteiger partial charge in [0.15, 0.2) is 5.82 Å². The Morgan fingerprint density at radius 1 is 1.12 bits per heavy atom. The average molecular weight is 339 g/mol. The predicted octanol–water partition coefficient (Wildman–Crippen LogP) is 2.29. The lowest BCUT2D eigenvalue weighted by molar-refractivity contribution is 0.107. The van der Waals surface area contributed by atoms with Gasteiger partial charge in [0.1, 0.15) is 5.75 Å². The molecule has 3 heterocycles. The molecule has 2 N–H and O–H groups in total. The molecule has 0 aliphatic heterocycles. The second-order valence-electron chi connectivity index (χ2n) is 4.99. The number of halogens is 1. The summed E-state index contributed by atoms with van der Waals surface area (Å²) in [6.07, 6.45) is 3.06. The van der Waals surface area contributed by atoms with E-state index in [1.54, 1.807) is 36.5 Å². The smallest absolute Gasteiger partial charge is 0.255 e. The maximum Gasteiger partial charge on any atom is 0.255 e. The quantitative estimate of drug-likeness (QED) is 0.548. The van der Waals surface area contributed by atoms with E-state index in [-0.39, 0.29) is 11.7 Å². The van der Waals surface area contributed by atoms with Gasteiger partial charge < -0.3 is 9.94 Å². The van der Waals surface area contributed by atoms with Crippen molar-refractivity contribution in [3.63, 3.8) is 0 Å². The van der Waals surface area contributed by atoms with E-state index in [4.69, 9.17) is 9.94 Å². The summed E-state index contributed by atoms with van der Waals surface area (Å²) < 4.78 is 19.6. The van der Waals surface area contributed by atoms with Crippen LogP contribution in [0.2, 0.25) is 0 Å². The van der Waals surface area contributed by atoms with Gasteiger partial charge in [-0.15, -0.1) is 5.10 Å². The molecule has 4 rings (SSSR count). The SMILES string of the molecule is On1nnc(-c2ccc(Oc3ncc(-c4ccn[nH]4)cc3F)cc2)n1. The molecule has 3 aromatic heterocycles. The van der Waals surface area contributed by atoms with Gasteiger partial charge in [0, 0.05) is 28.5 Å². The molecule has 0 atom stereocenters. The van der Waals surface area contributed by atoms with Crippen molar-refractivity contribution in [1.29, 1.82) is 0 Å². The zero-order valence-electron chi connectivity index (χ0n) is 12.5. The molecule has 4 aromatic rings. The summed E-state index contributed by atoms with van der Waals surface area (Å²) >= 11 is 0. The van der Waals surface area contributed by atoms with Crippen LogP contribution in [0.5, 0.6) is 11.6 Å². The monoisotopic (exact) mass is 339 g/mol. The molecule has 0 unspecified atom stereocenters. The number of nitrogens with one attached hydrogen (secondary N) is 1. The largest absolute Gasteiger partial charge is 0.436 e. The topological polar surface area (TPSA) is 115 Å². The minimum absolute atomic E-state index is 0.143. The fourth-order valence-electron chi connectivity index (χ4n) is 2.17. The van der Waals surface area contributed by atoms with Gasteiger partial charge in [-0.3, -0.25) is 5.10 Å². The van der Waals surface area contributed by atoms with Crippen LogP contribution in [0.4, 0.5) is 4.39 Å². The zero-order valence-corrected chi connectivity index (χ0v) is 12.5. The lowest BCUT2D eigenvalue weighted by atomic mass is 10.2. The number of H-pyrrole nitrogens is 1. The first-order valence-electron chi connectivity index (χ1n) is 7.12. The van der Waals surface area contributed by atoms with Gasteiger partial charge in [-0.1, -0.05) is 5.10 Å². The van der Waals surface area contributed by atoms with Gasteiger partial charge in [0.05, 0.1) is 5.69 Å². The van der Waals surface area contributed by atoms with Crippen molar-refractivity contribution < 1.29 is 14.3 Å². The molecule has 0 bridgehead atoms. The van der Waals surface area contributed by atoms with E-state index < -0.39 is 5.82 Å². The van der Waals surface area contributed by atoms with Crippen LogP contribution in [0.3, 0.4) is 0 Å². The number of nitrogens with zero attached hydrogens (tertiary/aromatic N) is 6. The maximum atomic E-state index is 14.2. The summed E-state index contributed by atoms with van der Waals surface area (Å²) in [5.74, 6) is -0.0976. The number of aromatic nitrogens is 7. The van der Waals surface area contributed by atoms with Crippen LogP contribution in [0.25, 0.3) is 22.6 Å². The van der Waals surface area contributed by atoms with Crippen molar-refractivity contribution in [3.05, 3.63) is 54.6 Å². The Morgan fingerprint density at radius 2 is 1.96 bits per heavy atom. The summed E-state index contributed by atoms with van der Waals surface area (Å²) in [6, 6.07) is 9.56. The van der Waals surface area contributed by atoms with Crippen LogP contribution < -0.4 is 4.74 Å². The number of benzene rings is 1. The average Bonchev–Trinajstić information content (AvgIpc) is 3.29. The second-order valence-corrected chi connectivity index (χ2v) is 4.99. The van der Waals surface area contributed by atoms with Crippen molar-refractivity contribution in [2.45, 2.75) is 0 Å². The molecule has 0 fully saturated rings. The van der Waals surface area contributed by atoms with Crippen LogP contribution in [0.1, 0.15) is 0 Å². The third-order valence-electron chi connectivity index (χ3n) is 3.35. The predicted molar refractivity (Wildman–Crippen MR) is 82.3 cm³/mol. The molecule has 1 aromatic carbocycles. The van der Waals surface area contributed by atoms with Crippen LogP contribution in [0, 0.1) is 5.82 Å². The highest BCUT2D eigenvalue weighted by molar-refractivity contribution is 5.58. The molecule has 0 aliphatic carbocycles. The van der Waals surface area contributed by atoms with Crippen LogP contribution in [-0.2, 0) is 0 Å². The molecular formula is C15H10FN7O2.